The third-order valence-electron chi connectivity index (χ3n) is 5.76. The number of aryl methyl sites for hydroxylation is 1. The zero-order chi connectivity index (χ0) is 22.2. The molecule has 0 aliphatic carbocycles. The Balaban J connectivity index is 1.54. The van der Waals surface area contributed by atoms with Gasteiger partial charge in [0.25, 0.3) is 0 Å². The van der Waals surface area contributed by atoms with Crippen molar-refractivity contribution in [2.45, 2.75) is 19.5 Å². The van der Waals surface area contributed by atoms with E-state index in [1.807, 2.05) is 25.1 Å². The fraction of sp³-hybridized carbons (Fsp3) is 0.208. The number of H-pyrrole nitrogens is 1. The molecule has 0 radical (unpaired) electrons. The zero-order valence-electron chi connectivity index (χ0n) is 17.7. The van der Waals surface area contributed by atoms with Gasteiger partial charge in [0.2, 0.25) is 0 Å². The average molecular weight is 431 g/mol. The van der Waals surface area contributed by atoms with Crippen molar-refractivity contribution < 1.29 is 13.9 Å². The number of nitrogens with one attached hydrogen (secondary N) is 2. The second kappa shape index (κ2) is 8.05. The summed E-state index contributed by atoms with van der Waals surface area (Å²) in [5, 5.41) is 11.5. The Morgan fingerprint density at radius 1 is 1.19 bits per heavy atom. The van der Waals surface area contributed by atoms with Gasteiger partial charge in [0.15, 0.2) is 0 Å². The third kappa shape index (κ3) is 3.58. The molecule has 162 valence electrons. The summed E-state index contributed by atoms with van der Waals surface area (Å²) in [7, 11) is 1.59. The number of hydrogen-bond donors (Lipinski definition) is 2. The fourth-order valence-electron chi connectivity index (χ4n) is 4.17. The van der Waals surface area contributed by atoms with Crippen LogP contribution in [0, 0.1) is 12.7 Å². The van der Waals surface area contributed by atoms with E-state index in [4.69, 9.17) is 4.74 Å². The van der Waals surface area contributed by atoms with Crippen molar-refractivity contribution in [3.8, 4) is 11.3 Å². The standard InChI is InChI=1S/C24H22FN5O2/c1-14-9-16(7-8-26-14)23-19-10-17-12-30(24(31)27-20(17)11-21(19)28-29-23)22(13-32-2)15-3-5-18(25)6-4-15/h3-11,22H,12-13H2,1-2H3,(H,27,31)(H,28,29)/t22-/m1/s1. The number of pyridine rings is 1. The van der Waals surface area contributed by atoms with E-state index in [9.17, 15) is 9.18 Å². The monoisotopic (exact) mass is 431 g/mol. The molecule has 0 saturated heterocycles. The van der Waals surface area contributed by atoms with Crippen LogP contribution in [0.5, 0.6) is 0 Å². The quantitative estimate of drug-likeness (QED) is 0.475. The van der Waals surface area contributed by atoms with Crippen molar-refractivity contribution in [2.24, 2.45) is 0 Å². The largest absolute Gasteiger partial charge is 0.382 e. The van der Waals surface area contributed by atoms with Crippen molar-refractivity contribution in [1.82, 2.24) is 20.1 Å². The molecule has 2 aromatic carbocycles. The number of benzene rings is 2. The summed E-state index contributed by atoms with van der Waals surface area (Å²) in [4.78, 5) is 18.9. The number of carbonyl (C=O) groups is 1. The maximum absolute atomic E-state index is 13.4. The zero-order valence-corrected chi connectivity index (χ0v) is 17.7. The second-order valence-electron chi connectivity index (χ2n) is 7.89. The van der Waals surface area contributed by atoms with Gasteiger partial charge in [0, 0.05) is 35.6 Å². The number of methoxy groups -OCH3 is 1. The van der Waals surface area contributed by atoms with Crippen LogP contribution < -0.4 is 5.32 Å². The Hall–Kier alpha value is -3.78. The molecule has 0 fully saturated rings. The van der Waals surface area contributed by atoms with Crippen LogP contribution in [0.4, 0.5) is 14.9 Å². The molecule has 1 atom stereocenters. The van der Waals surface area contributed by atoms with Gasteiger partial charge >= 0.3 is 6.03 Å². The molecule has 7 nitrogen and oxygen atoms in total. The molecule has 5 rings (SSSR count). The molecular formula is C24H22FN5O2. The highest BCUT2D eigenvalue weighted by atomic mass is 19.1. The Bertz CT molecular complexity index is 1300. The topological polar surface area (TPSA) is 83.1 Å². The predicted molar refractivity (Wildman–Crippen MR) is 120 cm³/mol. The van der Waals surface area contributed by atoms with E-state index in [0.717, 1.165) is 44.7 Å². The number of halogens is 1. The number of aromatic amines is 1. The molecule has 0 spiro atoms. The lowest BCUT2D eigenvalue weighted by Crippen LogP contribution is -2.42. The molecule has 1 aliphatic heterocycles. The van der Waals surface area contributed by atoms with E-state index < -0.39 is 0 Å². The molecule has 0 bridgehead atoms. The van der Waals surface area contributed by atoms with Gasteiger partial charge in [-0.15, -0.1) is 0 Å². The second-order valence-corrected chi connectivity index (χ2v) is 7.89. The third-order valence-corrected chi connectivity index (χ3v) is 5.76. The minimum absolute atomic E-state index is 0.229. The number of hydrogen-bond acceptors (Lipinski definition) is 4. The number of rotatable bonds is 5. The summed E-state index contributed by atoms with van der Waals surface area (Å²) in [6, 6.07) is 13.5. The van der Waals surface area contributed by atoms with Crippen molar-refractivity contribution in [2.75, 3.05) is 19.0 Å². The summed E-state index contributed by atoms with van der Waals surface area (Å²) in [5.74, 6) is -0.320. The number of carbonyl (C=O) groups excluding carboxylic acids is 1. The van der Waals surface area contributed by atoms with Crippen LogP contribution in [0.3, 0.4) is 0 Å². The van der Waals surface area contributed by atoms with Gasteiger partial charge in [-0.2, -0.15) is 5.10 Å². The molecule has 3 heterocycles. The summed E-state index contributed by atoms with van der Waals surface area (Å²) in [6.07, 6.45) is 1.77. The van der Waals surface area contributed by atoms with E-state index in [0.29, 0.717) is 13.2 Å². The summed E-state index contributed by atoms with van der Waals surface area (Å²) >= 11 is 0. The van der Waals surface area contributed by atoms with Crippen molar-refractivity contribution in [3.63, 3.8) is 0 Å². The molecule has 2 amide bonds. The lowest BCUT2D eigenvalue weighted by Gasteiger charge is -2.36. The summed E-state index contributed by atoms with van der Waals surface area (Å²) in [5.41, 5.74) is 6.09. The molecule has 2 N–H and O–H groups in total. The van der Waals surface area contributed by atoms with Crippen LogP contribution in [0.2, 0.25) is 0 Å². The van der Waals surface area contributed by atoms with Crippen molar-refractivity contribution in [3.05, 3.63) is 77.4 Å². The molecule has 4 aromatic rings. The van der Waals surface area contributed by atoms with Gasteiger partial charge in [-0.3, -0.25) is 10.1 Å². The number of anilines is 1. The van der Waals surface area contributed by atoms with Gasteiger partial charge in [-0.25, -0.2) is 9.18 Å². The van der Waals surface area contributed by atoms with Crippen LogP contribution in [0.1, 0.15) is 22.9 Å². The van der Waals surface area contributed by atoms with E-state index >= 15 is 0 Å². The highest BCUT2D eigenvalue weighted by Crippen LogP contribution is 2.35. The number of amides is 2. The molecule has 2 aromatic heterocycles. The number of fused-ring (bicyclic) bond motifs is 2. The first-order valence-electron chi connectivity index (χ1n) is 10.3. The first kappa shape index (κ1) is 20.1. The van der Waals surface area contributed by atoms with E-state index in [2.05, 4.69) is 26.6 Å². The number of ether oxygens (including phenoxy) is 1. The lowest BCUT2D eigenvalue weighted by molar-refractivity contribution is 0.104. The van der Waals surface area contributed by atoms with Gasteiger partial charge in [0.1, 0.15) is 11.5 Å². The average Bonchev–Trinajstić information content (AvgIpc) is 3.19. The molecule has 0 unspecified atom stereocenters. The highest BCUT2D eigenvalue weighted by molar-refractivity contribution is 6.00. The number of nitrogens with zero attached hydrogens (tertiary/aromatic N) is 3. The first-order valence-corrected chi connectivity index (χ1v) is 10.3. The summed E-state index contributed by atoms with van der Waals surface area (Å²) < 4.78 is 18.8. The molecular weight excluding hydrogens is 409 g/mol. The van der Waals surface area contributed by atoms with Gasteiger partial charge in [-0.05, 0) is 54.4 Å². The lowest BCUT2D eigenvalue weighted by atomic mass is 10.0. The molecule has 0 saturated carbocycles. The van der Waals surface area contributed by atoms with Crippen LogP contribution in [-0.2, 0) is 11.3 Å². The van der Waals surface area contributed by atoms with E-state index in [1.54, 1.807) is 30.3 Å². The Morgan fingerprint density at radius 3 is 2.75 bits per heavy atom. The maximum atomic E-state index is 13.4. The van der Waals surface area contributed by atoms with Gasteiger partial charge in [0.05, 0.1) is 24.7 Å². The Kier molecular flexibility index (Phi) is 5.07. The normalized spacial score (nSPS) is 14.3. The minimum Gasteiger partial charge on any atom is -0.382 e. The molecule has 8 heteroatoms. The van der Waals surface area contributed by atoms with Crippen molar-refractivity contribution in [1.29, 1.82) is 0 Å². The van der Waals surface area contributed by atoms with Gasteiger partial charge < -0.3 is 15.0 Å². The highest BCUT2D eigenvalue weighted by Gasteiger charge is 2.31. The first-order chi connectivity index (χ1) is 15.5. The van der Waals surface area contributed by atoms with E-state index in [1.165, 1.54) is 12.1 Å². The summed E-state index contributed by atoms with van der Waals surface area (Å²) in [6.45, 7) is 2.63. The molecule has 32 heavy (non-hydrogen) atoms. The fourth-order valence-corrected chi connectivity index (χ4v) is 4.17. The van der Waals surface area contributed by atoms with Crippen molar-refractivity contribution >= 4 is 22.6 Å². The predicted octanol–water partition coefficient (Wildman–Crippen LogP) is 4.81. The van der Waals surface area contributed by atoms with Crippen LogP contribution in [-0.4, -0.2) is 39.8 Å². The van der Waals surface area contributed by atoms with Crippen LogP contribution in [0.15, 0.2) is 54.7 Å². The Morgan fingerprint density at radius 2 is 2.00 bits per heavy atom. The van der Waals surface area contributed by atoms with Crippen LogP contribution >= 0.6 is 0 Å². The molecule has 1 aliphatic rings. The van der Waals surface area contributed by atoms with Gasteiger partial charge in [-0.1, -0.05) is 12.1 Å². The minimum atomic E-state index is -0.351. The van der Waals surface area contributed by atoms with Crippen LogP contribution in [0.25, 0.3) is 22.2 Å². The number of urea groups is 1. The maximum Gasteiger partial charge on any atom is 0.322 e. The SMILES string of the molecule is COC[C@H](c1ccc(F)cc1)N1Cc2cc3c(-c4ccnc(C)c4)n[nH]c3cc2NC1=O. The van der Waals surface area contributed by atoms with E-state index in [-0.39, 0.29) is 17.9 Å². The number of aromatic nitrogens is 3. The smallest absolute Gasteiger partial charge is 0.322 e. The Labute approximate surface area is 184 Å².